The highest BCUT2D eigenvalue weighted by molar-refractivity contribution is 7.15. The molecule has 3 rings (SSSR count). The quantitative estimate of drug-likeness (QED) is 0.910. The van der Waals surface area contributed by atoms with Crippen LogP contribution in [0, 0.1) is 0 Å². The van der Waals surface area contributed by atoms with Gasteiger partial charge in [-0.2, -0.15) is 0 Å². The minimum atomic E-state index is -0.998. The predicted octanol–water partition coefficient (Wildman–Crippen LogP) is 2.34. The number of carboxylic acids is 1. The molecule has 2 aromatic rings. The van der Waals surface area contributed by atoms with Gasteiger partial charge in [-0.15, -0.1) is 11.3 Å². The molecule has 4 nitrogen and oxygen atoms in total. The van der Waals surface area contributed by atoms with E-state index in [-0.39, 0.29) is 16.8 Å². The molecule has 0 atom stereocenters. The van der Waals surface area contributed by atoms with Crippen LogP contribution in [0.15, 0.2) is 36.4 Å². The summed E-state index contributed by atoms with van der Waals surface area (Å²) in [5, 5.41) is 11.8. The van der Waals surface area contributed by atoms with Crippen molar-refractivity contribution >= 4 is 23.2 Å². The molecule has 0 spiro atoms. The highest BCUT2D eigenvalue weighted by atomic mass is 32.1. The van der Waals surface area contributed by atoms with Crippen molar-refractivity contribution in [2.45, 2.75) is 18.9 Å². The van der Waals surface area contributed by atoms with Crippen molar-refractivity contribution in [1.82, 2.24) is 5.32 Å². The van der Waals surface area contributed by atoms with Crippen LogP contribution in [0.25, 0.3) is 0 Å². The summed E-state index contributed by atoms with van der Waals surface area (Å²) in [5.41, 5.74) is 2.55. The Balaban J connectivity index is 1.67. The van der Waals surface area contributed by atoms with Gasteiger partial charge < -0.3 is 10.4 Å². The van der Waals surface area contributed by atoms with E-state index in [1.54, 1.807) is 6.07 Å². The molecule has 5 heteroatoms. The van der Waals surface area contributed by atoms with E-state index in [2.05, 4.69) is 17.4 Å². The van der Waals surface area contributed by atoms with Crippen LogP contribution in [0.3, 0.4) is 0 Å². The van der Waals surface area contributed by atoms with Crippen molar-refractivity contribution in [3.05, 3.63) is 57.3 Å². The standard InChI is InChI=1S/C15H13NO3S/c17-14(12-5-6-13(20-12)15(18)19)16-11-7-9-3-1-2-4-10(9)8-11/h1-6,11H,7-8H2,(H,16,17)(H,18,19). The van der Waals surface area contributed by atoms with Crippen molar-refractivity contribution in [3.63, 3.8) is 0 Å². The number of hydrogen-bond acceptors (Lipinski definition) is 3. The lowest BCUT2D eigenvalue weighted by Gasteiger charge is -2.10. The first-order valence-corrected chi connectivity index (χ1v) is 7.16. The van der Waals surface area contributed by atoms with E-state index in [4.69, 9.17) is 5.11 Å². The van der Waals surface area contributed by atoms with Gasteiger partial charge in [-0.25, -0.2) is 4.79 Å². The molecule has 0 unspecified atom stereocenters. The molecule has 1 aliphatic carbocycles. The molecule has 1 aromatic heterocycles. The summed E-state index contributed by atoms with van der Waals surface area (Å²) >= 11 is 1.00. The molecule has 102 valence electrons. The van der Waals surface area contributed by atoms with Crippen molar-refractivity contribution in [1.29, 1.82) is 0 Å². The maximum Gasteiger partial charge on any atom is 0.345 e. The Morgan fingerprint density at radius 1 is 1.05 bits per heavy atom. The van der Waals surface area contributed by atoms with E-state index >= 15 is 0 Å². The number of aromatic carboxylic acids is 1. The summed E-state index contributed by atoms with van der Waals surface area (Å²) in [5.74, 6) is -1.19. The first-order chi connectivity index (χ1) is 9.63. The zero-order chi connectivity index (χ0) is 14.1. The van der Waals surface area contributed by atoms with Crippen molar-refractivity contribution in [2.24, 2.45) is 0 Å². The van der Waals surface area contributed by atoms with Crippen LogP contribution in [0.4, 0.5) is 0 Å². The van der Waals surface area contributed by atoms with Crippen LogP contribution in [0.1, 0.15) is 30.5 Å². The topological polar surface area (TPSA) is 66.4 Å². The van der Waals surface area contributed by atoms with E-state index < -0.39 is 5.97 Å². The Hall–Kier alpha value is -2.14. The number of nitrogens with one attached hydrogen (secondary N) is 1. The summed E-state index contributed by atoms with van der Waals surface area (Å²) in [6.07, 6.45) is 1.66. The maximum absolute atomic E-state index is 12.1. The van der Waals surface area contributed by atoms with Gasteiger partial charge in [0.2, 0.25) is 0 Å². The average Bonchev–Trinajstić information content (AvgIpc) is 3.04. The van der Waals surface area contributed by atoms with E-state index in [0.29, 0.717) is 4.88 Å². The number of carbonyl (C=O) groups is 2. The number of hydrogen-bond donors (Lipinski definition) is 2. The predicted molar refractivity (Wildman–Crippen MR) is 76.4 cm³/mol. The number of thiophene rings is 1. The van der Waals surface area contributed by atoms with Crippen LogP contribution in [0.2, 0.25) is 0 Å². The molecule has 20 heavy (non-hydrogen) atoms. The summed E-state index contributed by atoms with van der Waals surface area (Å²) < 4.78 is 0. The Morgan fingerprint density at radius 3 is 2.20 bits per heavy atom. The van der Waals surface area contributed by atoms with Gasteiger partial charge in [-0.1, -0.05) is 24.3 Å². The molecular weight excluding hydrogens is 274 g/mol. The second kappa shape index (κ2) is 5.09. The summed E-state index contributed by atoms with van der Waals surface area (Å²) in [6.45, 7) is 0. The molecule has 0 fully saturated rings. The molecule has 0 radical (unpaired) electrons. The molecule has 1 amide bonds. The molecular formula is C15H13NO3S. The normalized spacial score (nSPS) is 14.0. The van der Waals surface area contributed by atoms with Gasteiger partial charge in [0.05, 0.1) is 4.88 Å². The maximum atomic E-state index is 12.1. The van der Waals surface area contributed by atoms with E-state index in [1.807, 2.05) is 12.1 Å². The summed E-state index contributed by atoms with van der Waals surface area (Å²) in [6, 6.07) is 11.3. The molecule has 0 aliphatic heterocycles. The highest BCUT2D eigenvalue weighted by Gasteiger charge is 2.23. The lowest BCUT2D eigenvalue weighted by molar-refractivity contribution is 0.0702. The van der Waals surface area contributed by atoms with Crippen LogP contribution in [-0.2, 0) is 12.8 Å². The molecule has 2 N–H and O–H groups in total. The van der Waals surface area contributed by atoms with Gasteiger partial charge in [-0.05, 0) is 36.1 Å². The van der Waals surface area contributed by atoms with Gasteiger partial charge in [0, 0.05) is 6.04 Å². The zero-order valence-corrected chi connectivity index (χ0v) is 11.4. The fourth-order valence-corrected chi connectivity index (χ4v) is 3.24. The molecule has 1 aliphatic rings. The van der Waals surface area contributed by atoms with Gasteiger partial charge >= 0.3 is 5.97 Å². The van der Waals surface area contributed by atoms with Crippen molar-refractivity contribution in [2.75, 3.05) is 0 Å². The van der Waals surface area contributed by atoms with Crippen LogP contribution in [0.5, 0.6) is 0 Å². The van der Waals surface area contributed by atoms with Crippen molar-refractivity contribution < 1.29 is 14.7 Å². The van der Waals surface area contributed by atoms with Crippen LogP contribution >= 0.6 is 11.3 Å². The van der Waals surface area contributed by atoms with Gasteiger partial charge in [0.15, 0.2) is 0 Å². The third-order valence-corrected chi connectivity index (χ3v) is 4.50. The second-order valence-corrected chi connectivity index (χ2v) is 5.90. The van der Waals surface area contributed by atoms with Crippen LogP contribution in [-0.4, -0.2) is 23.0 Å². The first-order valence-electron chi connectivity index (χ1n) is 6.34. The Labute approximate surface area is 120 Å². The number of carboxylic acid groups (broad SMARTS) is 1. The number of amides is 1. The number of rotatable bonds is 3. The SMILES string of the molecule is O=C(O)c1ccc(C(=O)NC2Cc3ccccc3C2)s1. The minimum absolute atomic E-state index is 0.0929. The Morgan fingerprint density at radius 2 is 1.65 bits per heavy atom. The molecule has 0 bridgehead atoms. The van der Waals surface area contributed by atoms with Crippen LogP contribution < -0.4 is 5.32 Å². The van der Waals surface area contributed by atoms with Gasteiger partial charge in [0.1, 0.15) is 4.88 Å². The number of carbonyl (C=O) groups excluding carboxylic acids is 1. The Bertz CT molecular complexity index is 652. The first kappa shape index (κ1) is 12.9. The third-order valence-electron chi connectivity index (χ3n) is 3.43. The minimum Gasteiger partial charge on any atom is -0.477 e. The monoisotopic (exact) mass is 287 g/mol. The fraction of sp³-hybridized carbons (Fsp3) is 0.200. The van der Waals surface area contributed by atoms with Gasteiger partial charge in [-0.3, -0.25) is 4.79 Å². The number of fused-ring (bicyclic) bond motifs is 1. The lowest BCUT2D eigenvalue weighted by atomic mass is 10.1. The Kier molecular flexibility index (Phi) is 3.28. The summed E-state index contributed by atoms with van der Waals surface area (Å²) in [4.78, 5) is 23.5. The van der Waals surface area contributed by atoms with Crippen molar-refractivity contribution in [3.8, 4) is 0 Å². The van der Waals surface area contributed by atoms with E-state index in [9.17, 15) is 9.59 Å². The van der Waals surface area contributed by atoms with E-state index in [1.165, 1.54) is 17.2 Å². The van der Waals surface area contributed by atoms with E-state index in [0.717, 1.165) is 24.2 Å². The summed E-state index contributed by atoms with van der Waals surface area (Å²) in [7, 11) is 0. The highest BCUT2D eigenvalue weighted by Crippen LogP contribution is 2.23. The second-order valence-electron chi connectivity index (χ2n) is 4.82. The smallest absolute Gasteiger partial charge is 0.345 e. The molecule has 0 saturated carbocycles. The lowest BCUT2D eigenvalue weighted by Crippen LogP contribution is -2.34. The average molecular weight is 287 g/mol. The van der Waals surface area contributed by atoms with Gasteiger partial charge in [0.25, 0.3) is 5.91 Å². The molecule has 0 saturated heterocycles. The third kappa shape index (κ3) is 2.44. The zero-order valence-electron chi connectivity index (χ0n) is 10.6. The molecule has 1 heterocycles. The molecule has 1 aromatic carbocycles. The largest absolute Gasteiger partial charge is 0.477 e. The fourth-order valence-electron chi connectivity index (χ4n) is 2.49. The number of benzene rings is 1.